The number of aromatic nitrogens is 1. The van der Waals surface area contributed by atoms with Crippen LogP contribution in [0, 0.1) is 11.3 Å². The lowest BCUT2D eigenvalue weighted by atomic mass is 10.1. The van der Waals surface area contributed by atoms with Crippen molar-refractivity contribution in [2.24, 2.45) is 0 Å². The molecule has 2 N–H and O–H groups in total. The van der Waals surface area contributed by atoms with Gasteiger partial charge in [-0.2, -0.15) is 5.26 Å². The first-order chi connectivity index (χ1) is 13.2. The summed E-state index contributed by atoms with van der Waals surface area (Å²) in [5.41, 5.74) is 3.09. The van der Waals surface area contributed by atoms with Crippen LogP contribution in [0.1, 0.15) is 50.2 Å². The Labute approximate surface area is 161 Å². The highest BCUT2D eigenvalue weighted by molar-refractivity contribution is 5.86. The number of nitriles is 1. The third-order valence-corrected chi connectivity index (χ3v) is 5.00. The summed E-state index contributed by atoms with van der Waals surface area (Å²) in [6.07, 6.45) is 5.51. The molecule has 1 heterocycles. The van der Waals surface area contributed by atoms with Crippen LogP contribution in [0.3, 0.4) is 0 Å². The topological polar surface area (TPSA) is 73.1 Å². The van der Waals surface area contributed by atoms with E-state index in [9.17, 15) is 10.1 Å². The van der Waals surface area contributed by atoms with E-state index in [1.54, 1.807) is 0 Å². The molecule has 6 heteroatoms. The van der Waals surface area contributed by atoms with Crippen molar-refractivity contribution in [3.63, 3.8) is 0 Å². The molecule has 2 aromatic rings. The van der Waals surface area contributed by atoms with Crippen molar-refractivity contribution < 1.29 is 4.79 Å². The first kappa shape index (κ1) is 19.2. The second kappa shape index (κ2) is 8.92. The van der Waals surface area contributed by atoms with Crippen LogP contribution in [0.15, 0.2) is 24.4 Å². The molecule has 27 heavy (non-hydrogen) atoms. The number of amides is 2. The number of hydrogen-bond donors (Lipinski definition) is 2. The Kier molecular flexibility index (Phi) is 6.36. The van der Waals surface area contributed by atoms with Gasteiger partial charge in [0, 0.05) is 36.7 Å². The zero-order valence-corrected chi connectivity index (χ0v) is 16.3. The van der Waals surface area contributed by atoms with Crippen LogP contribution in [-0.4, -0.2) is 41.7 Å². The largest absolute Gasteiger partial charge is 0.338 e. The monoisotopic (exact) mass is 367 g/mol. The Balaban J connectivity index is 1.87. The van der Waals surface area contributed by atoms with Crippen LogP contribution in [0.2, 0.25) is 0 Å². The quantitative estimate of drug-likeness (QED) is 0.667. The Bertz CT molecular complexity index is 831. The van der Waals surface area contributed by atoms with Crippen LogP contribution < -0.4 is 10.6 Å². The fraction of sp³-hybridized carbons (Fsp3) is 0.524. The van der Waals surface area contributed by atoms with Gasteiger partial charge in [0.2, 0.25) is 0 Å². The van der Waals surface area contributed by atoms with Gasteiger partial charge >= 0.3 is 6.03 Å². The molecular formula is C21H29N5O. The van der Waals surface area contributed by atoms with Crippen LogP contribution in [-0.2, 0) is 6.67 Å². The molecule has 0 atom stereocenters. The minimum Gasteiger partial charge on any atom is -0.338 e. The summed E-state index contributed by atoms with van der Waals surface area (Å²) in [5, 5.41) is 16.7. The Morgan fingerprint density at radius 3 is 2.81 bits per heavy atom. The van der Waals surface area contributed by atoms with E-state index in [2.05, 4.69) is 41.3 Å². The molecule has 1 aliphatic rings. The molecule has 1 saturated carbocycles. The summed E-state index contributed by atoms with van der Waals surface area (Å²) in [6, 6.07) is 8.06. The predicted octanol–water partition coefficient (Wildman–Crippen LogP) is 3.38. The van der Waals surface area contributed by atoms with Crippen molar-refractivity contribution in [1.82, 2.24) is 20.1 Å². The summed E-state index contributed by atoms with van der Waals surface area (Å²) in [6.45, 7) is 7.62. The number of hydrogen-bond acceptors (Lipinski definition) is 3. The molecular weight excluding hydrogens is 338 g/mol. The molecule has 6 nitrogen and oxygen atoms in total. The number of urea groups is 1. The number of rotatable bonds is 9. The normalized spacial score (nSPS) is 13.5. The van der Waals surface area contributed by atoms with Gasteiger partial charge in [0.15, 0.2) is 0 Å². The Morgan fingerprint density at radius 2 is 2.15 bits per heavy atom. The fourth-order valence-electron chi connectivity index (χ4n) is 3.39. The summed E-state index contributed by atoms with van der Waals surface area (Å²) < 4.78 is 2.15. The van der Waals surface area contributed by atoms with Gasteiger partial charge in [-0.05, 0) is 55.5 Å². The molecule has 144 valence electrons. The number of carbonyl (C=O) groups excluding carboxylic acids is 1. The highest BCUT2D eigenvalue weighted by Crippen LogP contribution is 2.44. The number of fused-ring (bicyclic) bond motifs is 1. The average Bonchev–Trinajstić information content (AvgIpc) is 3.47. The molecule has 0 unspecified atom stereocenters. The number of nitrogens with one attached hydrogen (secondary N) is 2. The summed E-state index contributed by atoms with van der Waals surface area (Å²) in [4.78, 5) is 14.5. The molecule has 0 bridgehead atoms. The van der Waals surface area contributed by atoms with Gasteiger partial charge in [-0.15, -0.1) is 0 Å². The summed E-state index contributed by atoms with van der Waals surface area (Å²) >= 11 is 0. The number of nitrogens with zero attached hydrogens (tertiary/aromatic N) is 3. The average molecular weight is 367 g/mol. The van der Waals surface area contributed by atoms with Gasteiger partial charge in [-0.1, -0.05) is 13.8 Å². The van der Waals surface area contributed by atoms with E-state index in [1.807, 2.05) is 23.1 Å². The maximum Gasteiger partial charge on any atom is 0.318 e. The number of carbonyl (C=O) groups is 1. The molecule has 0 saturated heterocycles. The molecule has 3 rings (SSSR count). The van der Waals surface area contributed by atoms with Crippen LogP contribution in [0.25, 0.3) is 10.9 Å². The van der Waals surface area contributed by atoms with Crippen molar-refractivity contribution in [1.29, 1.82) is 5.26 Å². The van der Waals surface area contributed by atoms with Crippen molar-refractivity contribution in [3.8, 4) is 6.07 Å². The molecule has 1 aliphatic carbocycles. The van der Waals surface area contributed by atoms with Crippen molar-refractivity contribution >= 4 is 16.9 Å². The maximum absolute atomic E-state index is 12.6. The smallest absolute Gasteiger partial charge is 0.318 e. The minimum absolute atomic E-state index is 0.0294. The standard InChI is InChI=1S/C21H29N5O/c1-3-9-24-21(27)25(11-10-23-4-2)15-26-14-19(17-6-7-17)18-12-16(13-22)5-8-20(18)26/h5,8,12,14,17,23H,3-4,6-7,9-11,15H2,1-2H3,(H,24,27). The number of benzene rings is 1. The van der Waals surface area contributed by atoms with E-state index in [4.69, 9.17) is 0 Å². The molecule has 0 spiro atoms. The SMILES string of the molecule is CCCNC(=O)N(CCNCC)Cn1cc(C2CC2)c2cc(C#N)ccc21. The zero-order valence-electron chi connectivity index (χ0n) is 16.3. The van der Waals surface area contributed by atoms with Crippen molar-refractivity contribution in [2.45, 2.75) is 45.7 Å². The molecule has 1 fully saturated rings. The first-order valence-corrected chi connectivity index (χ1v) is 9.94. The lowest BCUT2D eigenvalue weighted by Crippen LogP contribution is -2.44. The molecule has 1 aromatic carbocycles. The van der Waals surface area contributed by atoms with Gasteiger partial charge < -0.3 is 20.1 Å². The second-order valence-corrected chi connectivity index (χ2v) is 7.16. The van der Waals surface area contributed by atoms with Gasteiger partial charge in [0.25, 0.3) is 0 Å². The van der Waals surface area contributed by atoms with Gasteiger partial charge in [-0.3, -0.25) is 0 Å². The van der Waals surface area contributed by atoms with Gasteiger partial charge in [-0.25, -0.2) is 4.79 Å². The minimum atomic E-state index is -0.0294. The van der Waals surface area contributed by atoms with Crippen LogP contribution >= 0.6 is 0 Å². The molecule has 1 aromatic heterocycles. The van der Waals surface area contributed by atoms with Crippen molar-refractivity contribution in [2.75, 3.05) is 26.2 Å². The van der Waals surface area contributed by atoms with E-state index in [-0.39, 0.29) is 6.03 Å². The van der Waals surface area contributed by atoms with E-state index in [1.165, 1.54) is 18.4 Å². The van der Waals surface area contributed by atoms with Crippen LogP contribution in [0.4, 0.5) is 4.79 Å². The molecule has 2 amide bonds. The zero-order chi connectivity index (χ0) is 19.2. The van der Waals surface area contributed by atoms with E-state index < -0.39 is 0 Å². The van der Waals surface area contributed by atoms with Gasteiger partial charge in [0.1, 0.15) is 0 Å². The summed E-state index contributed by atoms with van der Waals surface area (Å²) in [7, 11) is 0. The highest BCUT2D eigenvalue weighted by Gasteiger charge is 2.28. The predicted molar refractivity (Wildman–Crippen MR) is 108 cm³/mol. The first-order valence-electron chi connectivity index (χ1n) is 9.94. The van der Waals surface area contributed by atoms with E-state index in [0.29, 0.717) is 31.2 Å². The maximum atomic E-state index is 12.6. The third kappa shape index (κ3) is 4.61. The van der Waals surface area contributed by atoms with Gasteiger partial charge in [0.05, 0.1) is 18.3 Å². The van der Waals surface area contributed by atoms with Crippen LogP contribution in [0.5, 0.6) is 0 Å². The molecule has 0 aliphatic heterocycles. The lowest BCUT2D eigenvalue weighted by molar-refractivity contribution is 0.183. The molecule has 0 radical (unpaired) electrons. The highest BCUT2D eigenvalue weighted by atomic mass is 16.2. The summed E-state index contributed by atoms with van der Waals surface area (Å²) in [5.74, 6) is 0.590. The van der Waals surface area contributed by atoms with E-state index >= 15 is 0 Å². The third-order valence-electron chi connectivity index (χ3n) is 5.00. The fourth-order valence-corrected chi connectivity index (χ4v) is 3.39. The van der Waals surface area contributed by atoms with E-state index in [0.717, 1.165) is 30.4 Å². The van der Waals surface area contributed by atoms with Crippen molar-refractivity contribution in [3.05, 3.63) is 35.5 Å². The number of likely N-dealkylation sites (N-methyl/N-ethyl adjacent to an activating group) is 1. The Morgan fingerprint density at radius 1 is 1.33 bits per heavy atom. The lowest BCUT2D eigenvalue weighted by Gasteiger charge is -2.24. The second-order valence-electron chi connectivity index (χ2n) is 7.16. The Hall–Kier alpha value is -2.52.